The van der Waals surface area contributed by atoms with Gasteiger partial charge in [-0.25, -0.2) is 8.42 Å². The van der Waals surface area contributed by atoms with E-state index in [1.165, 1.54) is 17.0 Å². The van der Waals surface area contributed by atoms with Crippen LogP contribution >= 0.6 is 15.9 Å². The zero-order valence-electron chi connectivity index (χ0n) is 24.9. The minimum atomic E-state index is -4.15. The van der Waals surface area contributed by atoms with E-state index in [2.05, 4.69) is 21.2 Å². The van der Waals surface area contributed by atoms with Gasteiger partial charge in [-0.1, -0.05) is 76.6 Å². The number of nitrogens with zero attached hydrogens (tertiary/aromatic N) is 2. The van der Waals surface area contributed by atoms with Gasteiger partial charge in [-0.15, -0.1) is 0 Å². The van der Waals surface area contributed by atoms with Crippen LogP contribution in [-0.2, 0) is 32.6 Å². The summed E-state index contributed by atoms with van der Waals surface area (Å²) in [6, 6.07) is 30.3. The first-order valence-electron chi connectivity index (χ1n) is 14.2. The Bertz CT molecular complexity index is 1650. The average Bonchev–Trinajstić information content (AvgIpc) is 3.02. The van der Waals surface area contributed by atoms with Crippen LogP contribution in [0.15, 0.2) is 119 Å². The Morgan fingerprint density at radius 3 is 2.07 bits per heavy atom. The lowest BCUT2D eigenvalue weighted by molar-refractivity contribution is -0.140. The number of hydrogen-bond donors (Lipinski definition) is 1. The van der Waals surface area contributed by atoms with Crippen molar-refractivity contribution in [1.82, 2.24) is 10.2 Å². The molecule has 4 aromatic carbocycles. The molecule has 0 unspecified atom stereocenters. The maximum absolute atomic E-state index is 14.5. The van der Waals surface area contributed by atoms with Crippen molar-refractivity contribution < 1.29 is 22.7 Å². The van der Waals surface area contributed by atoms with E-state index in [1.54, 1.807) is 61.7 Å². The monoisotopic (exact) mass is 677 g/mol. The van der Waals surface area contributed by atoms with Gasteiger partial charge < -0.3 is 15.0 Å². The summed E-state index contributed by atoms with van der Waals surface area (Å²) in [6.07, 6.45) is 0.235. The molecule has 2 amide bonds. The smallest absolute Gasteiger partial charge is 0.264 e. The first-order chi connectivity index (χ1) is 21.1. The summed E-state index contributed by atoms with van der Waals surface area (Å²) in [6.45, 7) is 3.24. The van der Waals surface area contributed by atoms with Gasteiger partial charge in [0.1, 0.15) is 18.3 Å². The molecule has 230 valence electrons. The summed E-state index contributed by atoms with van der Waals surface area (Å²) in [5.41, 5.74) is 1.91. The van der Waals surface area contributed by atoms with Gasteiger partial charge in [0, 0.05) is 23.5 Å². The van der Waals surface area contributed by atoms with Crippen LogP contribution in [0.2, 0.25) is 0 Å². The Morgan fingerprint density at radius 1 is 0.841 bits per heavy atom. The summed E-state index contributed by atoms with van der Waals surface area (Å²) < 4.78 is 35.3. The fourth-order valence-electron chi connectivity index (χ4n) is 4.76. The van der Waals surface area contributed by atoms with Gasteiger partial charge in [0.15, 0.2) is 0 Å². The molecule has 0 saturated carbocycles. The van der Waals surface area contributed by atoms with E-state index in [0.29, 0.717) is 11.4 Å². The van der Waals surface area contributed by atoms with E-state index in [1.807, 2.05) is 56.3 Å². The van der Waals surface area contributed by atoms with Crippen LogP contribution in [0.3, 0.4) is 0 Å². The molecule has 0 fully saturated rings. The van der Waals surface area contributed by atoms with Crippen LogP contribution in [-0.4, -0.2) is 50.9 Å². The van der Waals surface area contributed by atoms with Crippen molar-refractivity contribution in [3.8, 4) is 5.75 Å². The Kier molecular flexibility index (Phi) is 11.2. The standard InChI is InChI=1S/C34H36BrN3O5S/c1-25(2)36-34(40)32(22-26-11-6-4-7-12-26)37(23-27-13-10-14-30(21-27)43-3)33(39)24-38(29-19-17-28(35)18-20-29)44(41,42)31-15-8-5-9-16-31/h4-21,25,32H,22-24H2,1-3H3,(H,36,40)/t32-/m0/s1. The predicted molar refractivity (Wildman–Crippen MR) is 176 cm³/mol. The van der Waals surface area contributed by atoms with Crippen LogP contribution in [0.1, 0.15) is 25.0 Å². The lowest BCUT2D eigenvalue weighted by Crippen LogP contribution is -2.54. The van der Waals surface area contributed by atoms with Crippen molar-refractivity contribution in [3.05, 3.63) is 125 Å². The number of hydrogen-bond acceptors (Lipinski definition) is 5. The quantitative estimate of drug-likeness (QED) is 0.193. The number of anilines is 1. The second-order valence-corrected chi connectivity index (χ2v) is 13.3. The topological polar surface area (TPSA) is 96.0 Å². The van der Waals surface area contributed by atoms with Gasteiger partial charge >= 0.3 is 0 Å². The molecule has 0 aliphatic heterocycles. The van der Waals surface area contributed by atoms with E-state index in [0.717, 1.165) is 19.9 Å². The van der Waals surface area contributed by atoms with Crippen molar-refractivity contribution in [3.63, 3.8) is 0 Å². The fraction of sp³-hybridized carbons (Fsp3) is 0.235. The van der Waals surface area contributed by atoms with Crippen LogP contribution in [0, 0.1) is 0 Å². The number of ether oxygens (including phenoxy) is 1. The summed E-state index contributed by atoms with van der Waals surface area (Å²) in [5, 5.41) is 2.96. The first kappa shape index (κ1) is 32.8. The third-order valence-electron chi connectivity index (χ3n) is 6.91. The normalized spacial score (nSPS) is 11.9. The molecule has 0 aromatic heterocycles. The molecule has 10 heteroatoms. The van der Waals surface area contributed by atoms with Gasteiger partial charge in [-0.2, -0.15) is 0 Å². The highest BCUT2D eigenvalue weighted by Gasteiger charge is 2.34. The number of carbonyl (C=O) groups is 2. The van der Waals surface area contributed by atoms with E-state index in [9.17, 15) is 18.0 Å². The highest BCUT2D eigenvalue weighted by atomic mass is 79.9. The summed E-state index contributed by atoms with van der Waals surface area (Å²) in [5.74, 6) is -0.263. The largest absolute Gasteiger partial charge is 0.497 e. The minimum Gasteiger partial charge on any atom is -0.497 e. The zero-order chi connectivity index (χ0) is 31.7. The number of rotatable bonds is 13. The van der Waals surface area contributed by atoms with Crippen molar-refractivity contribution in [2.45, 2.75) is 43.8 Å². The molecule has 0 aliphatic carbocycles. The lowest BCUT2D eigenvalue weighted by atomic mass is 10.0. The number of methoxy groups -OCH3 is 1. The average molecular weight is 679 g/mol. The molecule has 0 saturated heterocycles. The fourth-order valence-corrected chi connectivity index (χ4v) is 6.46. The summed E-state index contributed by atoms with van der Waals surface area (Å²) >= 11 is 3.40. The number of amides is 2. The zero-order valence-corrected chi connectivity index (χ0v) is 27.3. The van der Waals surface area contributed by atoms with E-state index in [-0.39, 0.29) is 29.8 Å². The van der Waals surface area contributed by atoms with Crippen molar-refractivity contribution in [2.75, 3.05) is 18.0 Å². The van der Waals surface area contributed by atoms with Crippen molar-refractivity contribution in [1.29, 1.82) is 0 Å². The van der Waals surface area contributed by atoms with Gasteiger partial charge in [0.2, 0.25) is 11.8 Å². The Morgan fingerprint density at radius 2 is 1.45 bits per heavy atom. The molecule has 0 aliphatic rings. The Labute approximate surface area is 267 Å². The molecule has 1 N–H and O–H groups in total. The Balaban J connectivity index is 1.80. The van der Waals surface area contributed by atoms with E-state index < -0.39 is 28.5 Å². The van der Waals surface area contributed by atoms with Gasteiger partial charge in [-0.3, -0.25) is 13.9 Å². The van der Waals surface area contributed by atoms with E-state index in [4.69, 9.17) is 4.74 Å². The van der Waals surface area contributed by atoms with Crippen LogP contribution in [0.4, 0.5) is 5.69 Å². The van der Waals surface area contributed by atoms with Crippen LogP contribution < -0.4 is 14.4 Å². The van der Waals surface area contributed by atoms with Gasteiger partial charge in [-0.05, 0) is 73.5 Å². The molecule has 0 heterocycles. The molecule has 1 atom stereocenters. The predicted octanol–water partition coefficient (Wildman–Crippen LogP) is 5.82. The van der Waals surface area contributed by atoms with Crippen LogP contribution in [0.5, 0.6) is 5.75 Å². The number of sulfonamides is 1. The SMILES string of the molecule is COc1cccc(CN(C(=O)CN(c2ccc(Br)cc2)S(=O)(=O)c2ccccc2)[C@@H](Cc2ccccc2)C(=O)NC(C)C)c1. The molecule has 0 spiro atoms. The second kappa shape index (κ2) is 15.0. The maximum Gasteiger partial charge on any atom is 0.264 e. The summed E-state index contributed by atoms with van der Waals surface area (Å²) in [7, 11) is -2.60. The molecule has 0 bridgehead atoms. The molecule has 4 rings (SSSR count). The Hall–Kier alpha value is -4.15. The van der Waals surface area contributed by atoms with Gasteiger partial charge in [0.05, 0.1) is 17.7 Å². The summed E-state index contributed by atoms with van der Waals surface area (Å²) in [4.78, 5) is 29.7. The molecule has 4 aromatic rings. The van der Waals surface area contributed by atoms with Gasteiger partial charge in [0.25, 0.3) is 10.0 Å². The second-order valence-electron chi connectivity index (χ2n) is 10.5. The number of benzene rings is 4. The van der Waals surface area contributed by atoms with E-state index >= 15 is 0 Å². The molecule has 44 heavy (non-hydrogen) atoms. The third-order valence-corrected chi connectivity index (χ3v) is 9.23. The first-order valence-corrected chi connectivity index (χ1v) is 16.4. The third kappa shape index (κ3) is 8.48. The maximum atomic E-state index is 14.5. The lowest BCUT2D eigenvalue weighted by Gasteiger charge is -2.34. The minimum absolute atomic E-state index is 0.0495. The highest BCUT2D eigenvalue weighted by molar-refractivity contribution is 9.10. The number of carbonyl (C=O) groups excluding carboxylic acids is 2. The highest BCUT2D eigenvalue weighted by Crippen LogP contribution is 2.27. The molecular weight excluding hydrogens is 642 g/mol. The number of nitrogens with one attached hydrogen (secondary N) is 1. The number of halogens is 1. The van der Waals surface area contributed by atoms with Crippen molar-refractivity contribution in [2.24, 2.45) is 0 Å². The molecule has 8 nitrogen and oxygen atoms in total. The molecular formula is C34H36BrN3O5S. The van der Waals surface area contributed by atoms with Crippen molar-refractivity contribution >= 4 is 43.5 Å². The molecule has 0 radical (unpaired) electrons. The van der Waals surface area contributed by atoms with Crippen LogP contribution in [0.25, 0.3) is 0 Å².